The van der Waals surface area contributed by atoms with Gasteiger partial charge in [0.1, 0.15) is 5.82 Å². The lowest BCUT2D eigenvalue weighted by Gasteiger charge is -2.17. The molecule has 1 aromatic carbocycles. The van der Waals surface area contributed by atoms with Crippen LogP contribution in [0, 0.1) is 5.82 Å². The van der Waals surface area contributed by atoms with Crippen molar-refractivity contribution in [1.82, 2.24) is 9.88 Å². The van der Waals surface area contributed by atoms with E-state index in [1.54, 1.807) is 25.4 Å². The minimum absolute atomic E-state index is 0.194. The number of nitrogens with zero attached hydrogens (tertiary/aromatic N) is 2. The van der Waals surface area contributed by atoms with Crippen molar-refractivity contribution in [2.24, 2.45) is 34.4 Å². The molecule has 2 saturated heterocycles. The van der Waals surface area contributed by atoms with Gasteiger partial charge in [-0.15, -0.1) is 0 Å². The number of pyridine rings is 1. The molecule has 0 aliphatic carbocycles. The first-order valence-corrected chi connectivity index (χ1v) is 16.6. The maximum atomic E-state index is 12.3. The van der Waals surface area contributed by atoms with Crippen LogP contribution in [-0.2, 0) is 22.3 Å². The smallest absolute Gasteiger partial charge is 0.123 e. The molecule has 13 N–H and O–H groups in total. The second kappa shape index (κ2) is 35.7. The zero-order valence-electron chi connectivity index (χ0n) is 28.7. The first-order chi connectivity index (χ1) is 22.4. The van der Waals surface area contributed by atoms with Gasteiger partial charge >= 0.3 is 0 Å². The highest BCUT2D eigenvalue weighted by Crippen LogP contribution is 2.16. The van der Waals surface area contributed by atoms with Gasteiger partial charge in [0.05, 0.1) is 6.10 Å². The van der Waals surface area contributed by atoms with Crippen molar-refractivity contribution in [2.45, 2.75) is 69.9 Å². The Balaban J connectivity index is 0. The van der Waals surface area contributed by atoms with Crippen LogP contribution >= 0.6 is 0 Å². The predicted molar refractivity (Wildman–Crippen MR) is 190 cm³/mol. The first kappa shape index (κ1) is 46.0. The van der Waals surface area contributed by atoms with Crippen molar-refractivity contribution < 1.29 is 19.0 Å². The van der Waals surface area contributed by atoms with Crippen LogP contribution in [0.25, 0.3) is 0 Å². The van der Waals surface area contributed by atoms with Crippen LogP contribution in [0.4, 0.5) is 4.39 Å². The fraction of sp³-hybridized carbons (Fsp3) is 0.676. The van der Waals surface area contributed by atoms with Crippen molar-refractivity contribution in [3.8, 4) is 0 Å². The van der Waals surface area contributed by atoms with Crippen molar-refractivity contribution in [3.63, 3.8) is 0 Å². The van der Waals surface area contributed by atoms with Crippen LogP contribution in [0.2, 0.25) is 0 Å². The minimum Gasteiger partial charge on any atom is -0.396 e. The second-order valence-corrected chi connectivity index (χ2v) is 10.8. The number of nitrogens with two attached hydrogens (primary N) is 6. The Morgan fingerprint density at radius 1 is 0.891 bits per heavy atom. The van der Waals surface area contributed by atoms with Gasteiger partial charge in [0.25, 0.3) is 0 Å². The number of hydrogen-bond acceptors (Lipinski definition) is 11. The van der Waals surface area contributed by atoms with Crippen molar-refractivity contribution in [3.05, 3.63) is 65.7 Å². The molecule has 0 radical (unpaired) electrons. The Kier molecular flexibility index (Phi) is 35.8. The summed E-state index contributed by atoms with van der Waals surface area (Å²) in [6.45, 7) is 7.35. The van der Waals surface area contributed by atoms with Crippen LogP contribution < -0.4 is 34.4 Å². The molecule has 11 nitrogen and oxygen atoms in total. The van der Waals surface area contributed by atoms with Gasteiger partial charge < -0.3 is 53.9 Å². The van der Waals surface area contributed by atoms with Crippen molar-refractivity contribution in [1.29, 1.82) is 0 Å². The number of ether oxygens (including phenoxy) is 2. The van der Waals surface area contributed by atoms with Gasteiger partial charge in [-0.25, -0.2) is 4.39 Å². The van der Waals surface area contributed by atoms with Crippen molar-refractivity contribution in [2.75, 3.05) is 79.8 Å². The van der Waals surface area contributed by atoms with E-state index < -0.39 is 0 Å². The molecule has 12 heteroatoms. The molecule has 2 atom stereocenters. The van der Waals surface area contributed by atoms with Crippen LogP contribution in [0.1, 0.15) is 56.2 Å². The minimum atomic E-state index is -0.194. The summed E-state index contributed by atoms with van der Waals surface area (Å²) in [4.78, 5) is 6.50. The van der Waals surface area contributed by atoms with E-state index in [2.05, 4.69) is 16.9 Å². The molecule has 46 heavy (non-hydrogen) atoms. The number of likely N-dealkylation sites (tertiary alicyclic amines) is 1. The van der Waals surface area contributed by atoms with E-state index in [0.717, 1.165) is 75.7 Å². The molecule has 2 aromatic rings. The Morgan fingerprint density at radius 2 is 1.59 bits per heavy atom. The Labute approximate surface area is 278 Å². The maximum Gasteiger partial charge on any atom is 0.123 e. The molecule has 0 saturated carbocycles. The number of rotatable bonds is 12. The molecule has 4 rings (SSSR count). The number of hydrogen-bond donors (Lipinski definition) is 7. The summed E-state index contributed by atoms with van der Waals surface area (Å²) in [5.74, 6) is -0.194. The van der Waals surface area contributed by atoms with E-state index in [1.165, 1.54) is 44.4 Å². The van der Waals surface area contributed by atoms with Gasteiger partial charge in [0.2, 0.25) is 0 Å². The van der Waals surface area contributed by atoms with Gasteiger partial charge in [0.15, 0.2) is 0 Å². The Bertz CT molecular complexity index is 844. The van der Waals surface area contributed by atoms with Gasteiger partial charge in [0, 0.05) is 57.8 Å². The van der Waals surface area contributed by atoms with Gasteiger partial charge in [-0.2, -0.15) is 0 Å². The normalized spacial score (nSPS) is 16.6. The first-order valence-electron chi connectivity index (χ1n) is 16.6. The summed E-state index contributed by atoms with van der Waals surface area (Å²) in [6, 6.07) is 13.0. The molecule has 2 aliphatic rings. The highest BCUT2D eigenvalue weighted by atomic mass is 19.1. The maximum absolute atomic E-state index is 12.3. The largest absolute Gasteiger partial charge is 0.396 e. The lowest BCUT2D eigenvalue weighted by molar-refractivity contribution is 0.117. The average molecular weight is 655 g/mol. The summed E-state index contributed by atoms with van der Waals surface area (Å²) >= 11 is 0. The number of aliphatic hydroxyl groups is 1. The zero-order chi connectivity index (χ0) is 34.7. The molecule has 0 bridgehead atoms. The monoisotopic (exact) mass is 655 g/mol. The van der Waals surface area contributed by atoms with Crippen LogP contribution in [-0.4, -0.2) is 107 Å². The lowest BCUT2D eigenvalue weighted by Crippen LogP contribution is -2.27. The standard InChI is InChI=1S/C8H10FN.C7H16N2.C7H10N2.C5H11NO.C4H11NO.C3H9NO/c9-8-3-1-7(2-4-8)5-6-10;1-9-6-2-3-7(9)4-5-8;8-5-4-7-3-1-2-6-9-7;6-4-5-2-1-3-7-5;1-6-4-2-3-5;4-2-1-3-5/h1-4H,5-6,10H2;7H,2-6,8H2,1H3;1-3,6H,4-5,8H2;5H,1-4,6H2;2-5H2,1H3;5H,1-4H2. The molecule has 3 heterocycles. The van der Waals surface area contributed by atoms with Crippen molar-refractivity contribution >= 4 is 0 Å². The summed E-state index contributed by atoms with van der Waals surface area (Å²) in [7, 11) is 3.86. The molecular formula is C34H67FN8O3. The molecule has 0 amide bonds. The molecule has 268 valence electrons. The van der Waals surface area contributed by atoms with E-state index in [9.17, 15) is 4.39 Å². The topological polar surface area (TPSA) is 211 Å². The van der Waals surface area contributed by atoms with E-state index in [-0.39, 0.29) is 12.4 Å². The van der Waals surface area contributed by atoms with Gasteiger partial charge in [-0.1, -0.05) is 18.2 Å². The number of methoxy groups -OCH3 is 1. The number of benzene rings is 1. The molecule has 1 aromatic heterocycles. The summed E-state index contributed by atoms with van der Waals surface area (Å²) in [5.41, 5.74) is 33.6. The van der Waals surface area contributed by atoms with E-state index in [4.69, 9.17) is 49.0 Å². The van der Waals surface area contributed by atoms with E-state index in [0.29, 0.717) is 32.3 Å². The predicted octanol–water partition coefficient (Wildman–Crippen LogP) is 1.77. The summed E-state index contributed by atoms with van der Waals surface area (Å²) < 4.78 is 22.2. The second-order valence-electron chi connectivity index (χ2n) is 10.8. The quantitative estimate of drug-likeness (QED) is 0.164. The highest BCUT2D eigenvalue weighted by Gasteiger charge is 2.18. The Morgan fingerprint density at radius 3 is 1.96 bits per heavy atom. The van der Waals surface area contributed by atoms with Crippen LogP contribution in [0.15, 0.2) is 48.7 Å². The SMILES string of the molecule is CN1CCCC1CCN.COCCCN.NCC1CCCO1.NCCCO.NCCc1ccc(F)cc1.NCCc1ccccn1. The van der Waals surface area contributed by atoms with E-state index in [1.807, 2.05) is 18.2 Å². The van der Waals surface area contributed by atoms with Crippen LogP contribution in [0.3, 0.4) is 0 Å². The average Bonchev–Trinajstić information content (AvgIpc) is 3.76. The third-order valence-corrected chi connectivity index (χ3v) is 6.85. The Hall–Kier alpha value is -2.10. The fourth-order valence-electron chi connectivity index (χ4n) is 4.20. The summed E-state index contributed by atoms with van der Waals surface area (Å²) in [6.07, 6.45) is 11.8. The number of halogens is 1. The molecule has 2 fully saturated rings. The fourth-order valence-corrected chi connectivity index (χ4v) is 4.20. The molecule has 2 aliphatic heterocycles. The molecule has 0 spiro atoms. The zero-order valence-corrected chi connectivity index (χ0v) is 28.7. The van der Waals surface area contributed by atoms with Gasteiger partial charge in [-0.05, 0) is 128 Å². The molecular weight excluding hydrogens is 587 g/mol. The van der Waals surface area contributed by atoms with Crippen LogP contribution in [0.5, 0.6) is 0 Å². The number of aromatic nitrogens is 1. The van der Waals surface area contributed by atoms with E-state index >= 15 is 0 Å². The summed E-state index contributed by atoms with van der Waals surface area (Å²) in [5, 5.41) is 7.99. The third-order valence-electron chi connectivity index (χ3n) is 6.85. The molecule has 2 unspecified atom stereocenters. The third kappa shape index (κ3) is 29.3. The number of aliphatic hydroxyl groups excluding tert-OH is 1. The highest BCUT2D eigenvalue weighted by molar-refractivity contribution is 5.16. The lowest BCUT2D eigenvalue weighted by atomic mass is 10.1. The van der Waals surface area contributed by atoms with Gasteiger partial charge in [-0.3, -0.25) is 4.98 Å².